The highest BCUT2D eigenvalue weighted by Crippen LogP contribution is 2.29. The molecular formula is C23H19N5S. The van der Waals surface area contributed by atoms with Crippen LogP contribution < -0.4 is 0 Å². The number of nitrogens with one attached hydrogen (secondary N) is 1. The lowest BCUT2D eigenvalue weighted by Crippen LogP contribution is -2.06. The molecule has 0 aliphatic carbocycles. The molecule has 0 saturated carbocycles. The molecule has 6 heteroatoms. The molecule has 5 rings (SSSR count). The second-order valence-corrected chi connectivity index (χ2v) is 7.42. The number of rotatable bonds is 4. The van der Waals surface area contributed by atoms with Crippen LogP contribution in [0.25, 0.3) is 21.8 Å². The standard InChI is InChI=1S/C23H19N5S/c1-16-7-6-8-17(13-16)14-24-28-22(25-26-23(28)29)15-27-20-11-4-2-9-18(20)19-10-3-5-12-21(19)27/h2-14H,15H2,1H3,(H,26,29)/b24-14+. The van der Waals surface area contributed by atoms with Crippen molar-refractivity contribution in [3.8, 4) is 0 Å². The largest absolute Gasteiger partial charge is 0.333 e. The molecule has 0 amide bonds. The Labute approximate surface area is 172 Å². The summed E-state index contributed by atoms with van der Waals surface area (Å²) < 4.78 is 4.43. The summed E-state index contributed by atoms with van der Waals surface area (Å²) in [5.41, 5.74) is 4.54. The zero-order valence-corrected chi connectivity index (χ0v) is 16.7. The van der Waals surface area contributed by atoms with E-state index in [0.717, 1.165) is 22.4 Å². The topological polar surface area (TPSA) is 50.9 Å². The monoisotopic (exact) mass is 397 g/mol. The van der Waals surface area contributed by atoms with E-state index in [4.69, 9.17) is 12.2 Å². The van der Waals surface area contributed by atoms with Crippen molar-refractivity contribution in [3.05, 3.63) is 94.5 Å². The van der Waals surface area contributed by atoms with Crippen LogP contribution in [0.15, 0.2) is 77.9 Å². The van der Waals surface area contributed by atoms with Crippen LogP contribution in [0, 0.1) is 11.7 Å². The SMILES string of the molecule is Cc1cccc(/C=N/n2c(Cn3c4ccccc4c4ccccc43)n[nH]c2=S)c1. The van der Waals surface area contributed by atoms with Gasteiger partial charge < -0.3 is 4.57 Å². The number of fused-ring (bicyclic) bond motifs is 3. The number of para-hydroxylation sites is 2. The molecule has 2 heterocycles. The minimum atomic E-state index is 0.477. The number of aryl methyl sites for hydroxylation is 1. The molecule has 0 unspecified atom stereocenters. The zero-order chi connectivity index (χ0) is 19.8. The van der Waals surface area contributed by atoms with Gasteiger partial charge in [-0.05, 0) is 36.8 Å². The maximum atomic E-state index is 5.42. The van der Waals surface area contributed by atoms with Crippen LogP contribution >= 0.6 is 12.2 Å². The maximum Gasteiger partial charge on any atom is 0.216 e. The fourth-order valence-corrected chi connectivity index (χ4v) is 3.93. The van der Waals surface area contributed by atoms with Crippen LogP contribution in [0.5, 0.6) is 0 Å². The Morgan fingerprint density at radius 3 is 2.34 bits per heavy atom. The first-order valence-corrected chi connectivity index (χ1v) is 9.85. The molecule has 142 valence electrons. The summed E-state index contributed by atoms with van der Waals surface area (Å²) in [5, 5.41) is 14.4. The van der Waals surface area contributed by atoms with E-state index >= 15 is 0 Å². The molecule has 5 aromatic rings. The van der Waals surface area contributed by atoms with Gasteiger partial charge in [0, 0.05) is 21.8 Å². The van der Waals surface area contributed by atoms with Crippen molar-refractivity contribution in [1.29, 1.82) is 0 Å². The van der Waals surface area contributed by atoms with Gasteiger partial charge in [0.05, 0.1) is 12.8 Å². The second-order valence-electron chi connectivity index (χ2n) is 7.04. The summed E-state index contributed by atoms with van der Waals surface area (Å²) in [6.07, 6.45) is 1.81. The molecule has 0 spiro atoms. The Bertz CT molecular complexity index is 1370. The number of aromatic nitrogens is 4. The van der Waals surface area contributed by atoms with Gasteiger partial charge in [-0.1, -0.05) is 66.2 Å². The van der Waals surface area contributed by atoms with Crippen molar-refractivity contribution in [2.75, 3.05) is 0 Å². The molecule has 0 atom stereocenters. The first-order chi connectivity index (χ1) is 14.2. The normalized spacial score (nSPS) is 11.8. The minimum absolute atomic E-state index is 0.477. The maximum absolute atomic E-state index is 5.42. The quantitative estimate of drug-likeness (QED) is 0.331. The van der Waals surface area contributed by atoms with E-state index in [0.29, 0.717) is 11.3 Å². The number of hydrogen-bond donors (Lipinski definition) is 1. The van der Waals surface area contributed by atoms with Crippen LogP contribution in [0.1, 0.15) is 17.0 Å². The average molecular weight is 398 g/mol. The smallest absolute Gasteiger partial charge is 0.216 e. The molecule has 1 N–H and O–H groups in total. The molecule has 0 saturated heterocycles. The molecule has 0 aliphatic heterocycles. The third-order valence-electron chi connectivity index (χ3n) is 5.06. The minimum Gasteiger partial charge on any atom is -0.333 e. The highest BCUT2D eigenvalue weighted by atomic mass is 32.1. The van der Waals surface area contributed by atoms with E-state index < -0.39 is 0 Å². The molecule has 0 fully saturated rings. The lowest BCUT2D eigenvalue weighted by Gasteiger charge is -2.07. The second kappa shape index (κ2) is 7.14. The summed E-state index contributed by atoms with van der Waals surface area (Å²) >= 11 is 5.42. The summed E-state index contributed by atoms with van der Waals surface area (Å²) in [5.74, 6) is 0.755. The Hall–Kier alpha value is -3.51. The van der Waals surface area contributed by atoms with Gasteiger partial charge in [0.25, 0.3) is 0 Å². The third kappa shape index (κ3) is 3.17. The Balaban J connectivity index is 1.60. The number of aromatic amines is 1. The first kappa shape index (κ1) is 17.6. The average Bonchev–Trinajstić information content (AvgIpc) is 3.25. The van der Waals surface area contributed by atoms with Crippen LogP contribution in [-0.2, 0) is 6.54 Å². The molecule has 0 bridgehead atoms. The van der Waals surface area contributed by atoms with Gasteiger partial charge in [0.1, 0.15) is 0 Å². The number of H-pyrrole nitrogens is 1. The predicted molar refractivity (Wildman–Crippen MR) is 120 cm³/mol. The summed E-state index contributed by atoms with van der Waals surface area (Å²) in [6, 6.07) is 25.0. The third-order valence-corrected chi connectivity index (χ3v) is 5.33. The molecule has 3 aromatic carbocycles. The Morgan fingerprint density at radius 2 is 1.66 bits per heavy atom. The van der Waals surface area contributed by atoms with E-state index in [2.05, 4.69) is 87.5 Å². The lowest BCUT2D eigenvalue weighted by molar-refractivity contribution is 0.716. The van der Waals surface area contributed by atoms with Crippen molar-refractivity contribution in [2.24, 2.45) is 5.10 Å². The van der Waals surface area contributed by atoms with E-state index in [1.54, 1.807) is 4.68 Å². The fourth-order valence-electron chi connectivity index (χ4n) is 3.74. The van der Waals surface area contributed by atoms with Gasteiger partial charge in [-0.25, -0.2) is 0 Å². The number of benzene rings is 3. The molecule has 29 heavy (non-hydrogen) atoms. The van der Waals surface area contributed by atoms with Gasteiger partial charge in [0.15, 0.2) is 5.82 Å². The highest BCUT2D eigenvalue weighted by molar-refractivity contribution is 7.71. The highest BCUT2D eigenvalue weighted by Gasteiger charge is 2.13. The van der Waals surface area contributed by atoms with E-state index in [1.807, 2.05) is 18.3 Å². The Kier molecular flexibility index (Phi) is 4.33. The predicted octanol–water partition coefficient (Wildman–Crippen LogP) is 5.29. The van der Waals surface area contributed by atoms with Crippen molar-refractivity contribution < 1.29 is 0 Å². The van der Waals surface area contributed by atoms with Gasteiger partial charge in [0.2, 0.25) is 4.77 Å². The molecule has 0 aliphatic rings. The van der Waals surface area contributed by atoms with E-state index in [1.165, 1.54) is 16.3 Å². The van der Waals surface area contributed by atoms with Crippen LogP contribution in [-0.4, -0.2) is 25.7 Å². The zero-order valence-electron chi connectivity index (χ0n) is 15.9. The summed E-state index contributed by atoms with van der Waals surface area (Å²) in [7, 11) is 0. The van der Waals surface area contributed by atoms with Crippen LogP contribution in [0.2, 0.25) is 0 Å². The fraction of sp³-hybridized carbons (Fsp3) is 0.0870. The molecule has 0 radical (unpaired) electrons. The lowest BCUT2D eigenvalue weighted by atomic mass is 10.2. The summed E-state index contributed by atoms with van der Waals surface area (Å²) in [4.78, 5) is 0. The number of nitrogens with zero attached hydrogens (tertiary/aromatic N) is 4. The van der Waals surface area contributed by atoms with E-state index in [-0.39, 0.29) is 0 Å². The van der Waals surface area contributed by atoms with Crippen molar-refractivity contribution in [3.63, 3.8) is 0 Å². The van der Waals surface area contributed by atoms with E-state index in [9.17, 15) is 0 Å². The van der Waals surface area contributed by atoms with Crippen LogP contribution in [0.3, 0.4) is 0 Å². The van der Waals surface area contributed by atoms with Crippen molar-refractivity contribution in [1.82, 2.24) is 19.4 Å². The Morgan fingerprint density at radius 1 is 0.966 bits per heavy atom. The first-order valence-electron chi connectivity index (χ1n) is 9.44. The summed E-state index contributed by atoms with van der Waals surface area (Å²) in [6.45, 7) is 2.63. The molecular weight excluding hydrogens is 378 g/mol. The van der Waals surface area contributed by atoms with Gasteiger partial charge in [-0.15, -0.1) is 0 Å². The van der Waals surface area contributed by atoms with Crippen molar-refractivity contribution >= 4 is 40.2 Å². The number of hydrogen-bond acceptors (Lipinski definition) is 3. The van der Waals surface area contributed by atoms with Gasteiger partial charge in [-0.3, -0.25) is 5.10 Å². The molecule has 5 nitrogen and oxygen atoms in total. The van der Waals surface area contributed by atoms with Crippen LogP contribution in [0.4, 0.5) is 0 Å². The van der Waals surface area contributed by atoms with Gasteiger partial charge >= 0.3 is 0 Å². The van der Waals surface area contributed by atoms with Gasteiger partial charge in [-0.2, -0.15) is 14.9 Å². The van der Waals surface area contributed by atoms with Crippen molar-refractivity contribution in [2.45, 2.75) is 13.5 Å². The molecule has 2 aromatic heterocycles.